The molecule has 0 saturated heterocycles. The first kappa shape index (κ1) is 19.8. The average molecular weight is 442 g/mol. The highest BCUT2D eigenvalue weighted by atomic mass is 32.1. The molecule has 0 spiro atoms. The van der Waals surface area contributed by atoms with E-state index >= 15 is 0 Å². The van der Waals surface area contributed by atoms with Crippen LogP contribution in [0.2, 0.25) is 0 Å². The standard InChI is InChI=1S/C31H23NS/c1-22-12-19-30-29(20-22)28-18-17-27(21-31(28)33-30)32(25-10-6-3-7-11-25)26-15-13-24(14-16-26)23-8-4-2-5-9-23/h2-21H,1H3. The summed E-state index contributed by atoms with van der Waals surface area (Å²) in [6.07, 6.45) is 0. The number of hydrogen-bond donors (Lipinski definition) is 0. The minimum atomic E-state index is 1.15. The van der Waals surface area contributed by atoms with Gasteiger partial charge in [-0.2, -0.15) is 0 Å². The Bertz CT molecular complexity index is 1550. The molecule has 0 N–H and O–H groups in total. The van der Waals surface area contributed by atoms with Crippen LogP contribution in [0, 0.1) is 6.92 Å². The van der Waals surface area contributed by atoms with Crippen LogP contribution in [0.3, 0.4) is 0 Å². The van der Waals surface area contributed by atoms with E-state index in [1.807, 2.05) is 11.3 Å². The Hall–Kier alpha value is -3.88. The van der Waals surface area contributed by atoms with Crippen LogP contribution < -0.4 is 4.90 Å². The van der Waals surface area contributed by atoms with Gasteiger partial charge in [-0.05, 0) is 66.6 Å². The molecule has 0 saturated carbocycles. The van der Waals surface area contributed by atoms with Crippen LogP contribution in [0.25, 0.3) is 31.3 Å². The number of fused-ring (bicyclic) bond motifs is 3. The number of rotatable bonds is 4. The lowest BCUT2D eigenvalue weighted by Crippen LogP contribution is -2.09. The number of aryl methyl sites for hydroxylation is 1. The van der Waals surface area contributed by atoms with E-state index in [1.165, 1.54) is 42.6 Å². The molecule has 33 heavy (non-hydrogen) atoms. The minimum Gasteiger partial charge on any atom is -0.310 e. The Kier molecular flexibility index (Phi) is 4.93. The van der Waals surface area contributed by atoms with Gasteiger partial charge in [-0.15, -0.1) is 11.3 Å². The number of para-hydroxylation sites is 1. The number of nitrogens with zero attached hydrogens (tertiary/aromatic N) is 1. The number of anilines is 3. The van der Waals surface area contributed by atoms with E-state index in [4.69, 9.17) is 0 Å². The molecule has 6 rings (SSSR count). The summed E-state index contributed by atoms with van der Waals surface area (Å²) < 4.78 is 2.65. The molecule has 2 heteroatoms. The van der Waals surface area contributed by atoms with Crippen molar-refractivity contribution in [1.29, 1.82) is 0 Å². The fraction of sp³-hybridized carbons (Fsp3) is 0.0323. The van der Waals surface area contributed by atoms with Crippen molar-refractivity contribution in [2.45, 2.75) is 6.92 Å². The molecule has 0 aliphatic carbocycles. The van der Waals surface area contributed by atoms with Gasteiger partial charge in [-0.3, -0.25) is 0 Å². The van der Waals surface area contributed by atoms with Crippen LogP contribution in [0.15, 0.2) is 121 Å². The van der Waals surface area contributed by atoms with Gasteiger partial charge in [-0.25, -0.2) is 0 Å². The molecule has 0 fully saturated rings. The van der Waals surface area contributed by atoms with E-state index in [9.17, 15) is 0 Å². The molecule has 1 heterocycles. The maximum absolute atomic E-state index is 2.34. The van der Waals surface area contributed by atoms with E-state index in [0.717, 1.165) is 11.4 Å². The molecule has 6 aromatic rings. The van der Waals surface area contributed by atoms with E-state index in [0.29, 0.717) is 0 Å². The monoisotopic (exact) mass is 441 g/mol. The zero-order valence-corrected chi connectivity index (χ0v) is 19.2. The molecule has 0 radical (unpaired) electrons. The Labute approximate surface area is 198 Å². The first-order valence-electron chi connectivity index (χ1n) is 11.2. The lowest BCUT2D eigenvalue weighted by Gasteiger charge is -2.25. The Balaban J connectivity index is 1.48. The maximum atomic E-state index is 2.34. The number of hydrogen-bond acceptors (Lipinski definition) is 2. The molecule has 0 bridgehead atoms. The maximum Gasteiger partial charge on any atom is 0.0476 e. The molecule has 158 valence electrons. The molecule has 5 aromatic carbocycles. The molecule has 0 aliphatic rings. The highest BCUT2D eigenvalue weighted by molar-refractivity contribution is 7.25. The first-order chi connectivity index (χ1) is 16.3. The summed E-state index contributed by atoms with van der Waals surface area (Å²) in [6.45, 7) is 2.16. The van der Waals surface area contributed by atoms with Gasteiger partial charge in [0.2, 0.25) is 0 Å². The molecule has 0 aliphatic heterocycles. The Morgan fingerprint density at radius 2 is 1.12 bits per heavy atom. The third-order valence-corrected chi connectivity index (χ3v) is 7.25. The summed E-state index contributed by atoms with van der Waals surface area (Å²) >= 11 is 1.87. The molecule has 0 amide bonds. The summed E-state index contributed by atoms with van der Waals surface area (Å²) in [7, 11) is 0. The van der Waals surface area contributed by atoms with Crippen LogP contribution in [0.4, 0.5) is 17.1 Å². The fourth-order valence-electron chi connectivity index (χ4n) is 4.48. The van der Waals surface area contributed by atoms with Gasteiger partial charge in [0.1, 0.15) is 0 Å². The van der Waals surface area contributed by atoms with Crippen molar-refractivity contribution in [3.05, 3.63) is 127 Å². The van der Waals surface area contributed by atoms with Crippen molar-refractivity contribution in [2.24, 2.45) is 0 Å². The normalized spacial score (nSPS) is 11.2. The molecular weight excluding hydrogens is 418 g/mol. The van der Waals surface area contributed by atoms with Crippen molar-refractivity contribution >= 4 is 48.6 Å². The quantitative estimate of drug-likeness (QED) is 0.263. The van der Waals surface area contributed by atoms with E-state index in [-0.39, 0.29) is 0 Å². The van der Waals surface area contributed by atoms with Gasteiger partial charge < -0.3 is 4.90 Å². The second-order valence-electron chi connectivity index (χ2n) is 8.37. The van der Waals surface area contributed by atoms with Gasteiger partial charge in [0.25, 0.3) is 0 Å². The van der Waals surface area contributed by atoms with Gasteiger partial charge in [0.05, 0.1) is 0 Å². The number of thiophene rings is 1. The summed E-state index contributed by atoms with van der Waals surface area (Å²) in [4.78, 5) is 2.34. The predicted molar refractivity (Wildman–Crippen MR) is 144 cm³/mol. The average Bonchev–Trinajstić information content (AvgIpc) is 3.23. The largest absolute Gasteiger partial charge is 0.310 e. The van der Waals surface area contributed by atoms with Crippen molar-refractivity contribution in [3.8, 4) is 11.1 Å². The van der Waals surface area contributed by atoms with Gasteiger partial charge >= 0.3 is 0 Å². The lowest BCUT2D eigenvalue weighted by atomic mass is 10.0. The smallest absolute Gasteiger partial charge is 0.0476 e. The van der Waals surface area contributed by atoms with Crippen molar-refractivity contribution < 1.29 is 0 Å². The molecule has 0 atom stereocenters. The van der Waals surface area contributed by atoms with E-state index in [1.54, 1.807) is 0 Å². The van der Waals surface area contributed by atoms with Crippen molar-refractivity contribution in [3.63, 3.8) is 0 Å². The lowest BCUT2D eigenvalue weighted by molar-refractivity contribution is 1.29. The first-order valence-corrected chi connectivity index (χ1v) is 12.0. The second kappa shape index (κ2) is 8.23. The topological polar surface area (TPSA) is 3.24 Å². The SMILES string of the molecule is Cc1ccc2sc3cc(N(c4ccccc4)c4ccc(-c5ccccc5)cc4)ccc3c2c1. The van der Waals surface area contributed by atoms with Crippen LogP contribution in [0.1, 0.15) is 5.56 Å². The molecule has 1 nitrogen and oxygen atoms in total. The Morgan fingerprint density at radius 1 is 0.485 bits per heavy atom. The van der Waals surface area contributed by atoms with Gasteiger partial charge in [0, 0.05) is 37.2 Å². The summed E-state index contributed by atoms with van der Waals surface area (Å²) in [5.74, 6) is 0. The molecule has 0 unspecified atom stereocenters. The second-order valence-corrected chi connectivity index (χ2v) is 9.45. The summed E-state index contributed by atoms with van der Waals surface area (Å²) in [6, 6.07) is 43.6. The third kappa shape index (κ3) is 3.69. The highest BCUT2D eigenvalue weighted by Gasteiger charge is 2.14. The summed E-state index contributed by atoms with van der Waals surface area (Å²) in [5, 5.41) is 2.68. The van der Waals surface area contributed by atoms with Crippen LogP contribution in [0.5, 0.6) is 0 Å². The van der Waals surface area contributed by atoms with E-state index < -0.39 is 0 Å². The predicted octanol–water partition coefficient (Wildman–Crippen LogP) is 9.50. The van der Waals surface area contributed by atoms with Crippen LogP contribution in [-0.4, -0.2) is 0 Å². The minimum absolute atomic E-state index is 1.15. The van der Waals surface area contributed by atoms with Crippen LogP contribution >= 0.6 is 11.3 Å². The van der Waals surface area contributed by atoms with Gasteiger partial charge in [0.15, 0.2) is 0 Å². The van der Waals surface area contributed by atoms with Crippen LogP contribution in [-0.2, 0) is 0 Å². The molecular formula is C31H23NS. The third-order valence-electron chi connectivity index (χ3n) is 6.12. The van der Waals surface area contributed by atoms with Crippen molar-refractivity contribution in [2.75, 3.05) is 4.90 Å². The van der Waals surface area contributed by atoms with Crippen molar-refractivity contribution in [1.82, 2.24) is 0 Å². The molecule has 1 aromatic heterocycles. The zero-order valence-electron chi connectivity index (χ0n) is 18.4. The number of benzene rings is 5. The highest BCUT2D eigenvalue weighted by Crippen LogP contribution is 2.40. The zero-order chi connectivity index (χ0) is 22.2. The van der Waals surface area contributed by atoms with E-state index in [2.05, 4.69) is 133 Å². The fourth-order valence-corrected chi connectivity index (χ4v) is 5.60. The van der Waals surface area contributed by atoms with Gasteiger partial charge in [-0.1, -0.05) is 78.4 Å². The summed E-state index contributed by atoms with van der Waals surface area (Å²) in [5.41, 5.74) is 7.23. The Morgan fingerprint density at radius 3 is 1.88 bits per heavy atom.